The highest BCUT2D eigenvalue weighted by atomic mass is 16.5. The number of ether oxygens (including phenoxy) is 1. The van der Waals surface area contributed by atoms with Gasteiger partial charge in [-0.1, -0.05) is 36.4 Å². The number of esters is 1. The Hall–Kier alpha value is -3.87. The maximum atomic E-state index is 12.6. The van der Waals surface area contributed by atoms with Gasteiger partial charge in [-0.05, 0) is 50.6 Å². The third kappa shape index (κ3) is 5.63. The van der Waals surface area contributed by atoms with Gasteiger partial charge in [0.2, 0.25) is 0 Å². The molecule has 166 valence electrons. The van der Waals surface area contributed by atoms with Crippen molar-refractivity contribution >= 4 is 23.5 Å². The lowest BCUT2D eigenvalue weighted by molar-refractivity contribution is -0.119. The van der Waals surface area contributed by atoms with Crippen molar-refractivity contribution in [3.63, 3.8) is 0 Å². The molecule has 0 saturated heterocycles. The van der Waals surface area contributed by atoms with Crippen molar-refractivity contribution in [2.24, 2.45) is 0 Å². The molecule has 0 aliphatic heterocycles. The van der Waals surface area contributed by atoms with Gasteiger partial charge in [0.25, 0.3) is 11.8 Å². The molecule has 0 saturated carbocycles. The maximum absolute atomic E-state index is 12.6. The molecule has 2 aromatic carbocycles. The van der Waals surface area contributed by atoms with E-state index in [-0.39, 0.29) is 5.91 Å². The number of carbonyl (C=O) groups excluding carboxylic acids is 3. The zero-order valence-corrected chi connectivity index (χ0v) is 18.5. The Bertz CT molecular complexity index is 1120. The fraction of sp³-hybridized carbons (Fsp3) is 0.240. The number of nitrogens with one attached hydrogen (secondary N) is 2. The molecule has 0 unspecified atom stereocenters. The number of carbonyl (C=O) groups is 3. The number of amides is 2. The molecule has 32 heavy (non-hydrogen) atoms. The first-order chi connectivity index (χ1) is 15.4. The number of anilines is 1. The van der Waals surface area contributed by atoms with Crippen LogP contribution in [0.1, 0.15) is 44.6 Å². The van der Waals surface area contributed by atoms with Crippen LogP contribution in [0.5, 0.6) is 0 Å². The van der Waals surface area contributed by atoms with Crippen molar-refractivity contribution in [1.82, 2.24) is 9.88 Å². The third-order valence-electron chi connectivity index (χ3n) is 5.06. The zero-order valence-electron chi connectivity index (χ0n) is 18.5. The second-order valence-electron chi connectivity index (χ2n) is 7.42. The maximum Gasteiger partial charge on any atom is 0.340 e. The number of hydrogen-bond donors (Lipinski definition) is 2. The molecule has 0 atom stereocenters. The summed E-state index contributed by atoms with van der Waals surface area (Å²) in [6.07, 6.45) is 0. The van der Waals surface area contributed by atoms with E-state index in [0.717, 1.165) is 17.0 Å². The molecule has 0 aliphatic carbocycles. The normalized spacial score (nSPS) is 10.5. The Morgan fingerprint density at radius 1 is 0.969 bits per heavy atom. The van der Waals surface area contributed by atoms with Gasteiger partial charge >= 0.3 is 5.97 Å². The number of nitrogens with zero attached hydrogens (tertiary/aromatic N) is 1. The van der Waals surface area contributed by atoms with Crippen LogP contribution in [0.2, 0.25) is 0 Å². The molecular weight excluding hydrogens is 406 g/mol. The van der Waals surface area contributed by atoms with Crippen LogP contribution in [0, 0.1) is 13.8 Å². The quantitative estimate of drug-likeness (QED) is 0.530. The highest BCUT2D eigenvalue weighted by molar-refractivity contribution is 5.98. The van der Waals surface area contributed by atoms with Crippen LogP contribution in [-0.2, 0) is 16.1 Å². The monoisotopic (exact) mass is 433 g/mol. The summed E-state index contributed by atoms with van der Waals surface area (Å²) in [6, 6.07) is 18.3. The summed E-state index contributed by atoms with van der Waals surface area (Å²) in [5, 5.41) is 5.35. The summed E-state index contributed by atoms with van der Waals surface area (Å²) in [5.74, 6) is -1.26. The molecule has 0 radical (unpaired) electrons. The highest BCUT2D eigenvalue weighted by Crippen LogP contribution is 2.18. The van der Waals surface area contributed by atoms with E-state index < -0.39 is 18.5 Å². The summed E-state index contributed by atoms with van der Waals surface area (Å²) in [7, 11) is 0. The number of hydrogen-bond acceptors (Lipinski definition) is 4. The fourth-order valence-electron chi connectivity index (χ4n) is 3.42. The lowest BCUT2D eigenvalue weighted by Gasteiger charge is -2.10. The van der Waals surface area contributed by atoms with Crippen LogP contribution in [0.15, 0.2) is 60.7 Å². The molecule has 2 amide bonds. The minimum Gasteiger partial charge on any atom is -0.452 e. The van der Waals surface area contributed by atoms with Crippen LogP contribution >= 0.6 is 0 Å². The van der Waals surface area contributed by atoms with E-state index in [1.54, 1.807) is 30.3 Å². The molecule has 7 nitrogen and oxygen atoms in total. The van der Waals surface area contributed by atoms with E-state index in [1.807, 2.05) is 55.7 Å². The minimum absolute atomic E-state index is 0.221. The van der Waals surface area contributed by atoms with Crippen molar-refractivity contribution in [1.29, 1.82) is 0 Å². The number of benzene rings is 2. The molecular formula is C25H27N3O4. The SMILES string of the molecule is CCNC(=O)c1cccc(NC(=O)COC(=O)c2cc(C)n(Cc3ccccc3)c2C)c1. The van der Waals surface area contributed by atoms with Gasteiger partial charge < -0.3 is 19.9 Å². The third-order valence-corrected chi connectivity index (χ3v) is 5.06. The van der Waals surface area contributed by atoms with E-state index in [4.69, 9.17) is 4.74 Å². The van der Waals surface area contributed by atoms with E-state index in [9.17, 15) is 14.4 Å². The van der Waals surface area contributed by atoms with Crippen LogP contribution in [-0.4, -0.2) is 35.5 Å². The zero-order chi connectivity index (χ0) is 23.1. The summed E-state index contributed by atoms with van der Waals surface area (Å²) in [4.78, 5) is 36.8. The van der Waals surface area contributed by atoms with Gasteiger partial charge in [0.15, 0.2) is 6.61 Å². The predicted octanol–water partition coefficient (Wildman–Crippen LogP) is 3.70. The van der Waals surface area contributed by atoms with Crippen LogP contribution in [0.25, 0.3) is 0 Å². The van der Waals surface area contributed by atoms with Gasteiger partial charge in [-0.3, -0.25) is 9.59 Å². The molecule has 1 heterocycles. The molecule has 0 bridgehead atoms. The Morgan fingerprint density at radius 3 is 2.44 bits per heavy atom. The lowest BCUT2D eigenvalue weighted by Crippen LogP contribution is -2.23. The molecule has 0 spiro atoms. The highest BCUT2D eigenvalue weighted by Gasteiger charge is 2.18. The first-order valence-electron chi connectivity index (χ1n) is 10.4. The van der Waals surface area contributed by atoms with Gasteiger partial charge in [0, 0.05) is 35.7 Å². The molecule has 7 heteroatoms. The van der Waals surface area contributed by atoms with Gasteiger partial charge in [-0.25, -0.2) is 4.79 Å². The van der Waals surface area contributed by atoms with Gasteiger partial charge in [0.1, 0.15) is 0 Å². The smallest absolute Gasteiger partial charge is 0.340 e. The summed E-state index contributed by atoms with van der Waals surface area (Å²) in [6.45, 7) is 6.36. The Kier molecular flexibility index (Phi) is 7.44. The summed E-state index contributed by atoms with van der Waals surface area (Å²) in [5.41, 5.74) is 4.17. The summed E-state index contributed by atoms with van der Waals surface area (Å²) < 4.78 is 7.27. The first-order valence-corrected chi connectivity index (χ1v) is 10.4. The number of rotatable bonds is 8. The molecule has 3 rings (SSSR count). The van der Waals surface area contributed by atoms with Gasteiger partial charge in [-0.15, -0.1) is 0 Å². The van der Waals surface area contributed by atoms with Crippen molar-refractivity contribution in [2.75, 3.05) is 18.5 Å². The van der Waals surface area contributed by atoms with Crippen LogP contribution < -0.4 is 10.6 Å². The topological polar surface area (TPSA) is 89.4 Å². The molecule has 3 aromatic rings. The van der Waals surface area contributed by atoms with Crippen molar-refractivity contribution in [3.8, 4) is 0 Å². The Balaban J connectivity index is 1.60. The minimum atomic E-state index is -0.552. The average Bonchev–Trinajstić information content (AvgIpc) is 3.07. The second kappa shape index (κ2) is 10.4. The fourth-order valence-corrected chi connectivity index (χ4v) is 3.42. The second-order valence-corrected chi connectivity index (χ2v) is 7.42. The number of aromatic nitrogens is 1. The van der Waals surface area contributed by atoms with E-state index >= 15 is 0 Å². The van der Waals surface area contributed by atoms with Crippen molar-refractivity contribution in [3.05, 3.63) is 88.7 Å². The van der Waals surface area contributed by atoms with Gasteiger partial charge in [0.05, 0.1) is 5.56 Å². The Labute approximate surface area is 187 Å². The van der Waals surface area contributed by atoms with E-state index in [0.29, 0.717) is 29.9 Å². The Morgan fingerprint density at radius 2 is 1.72 bits per heavy atom. The first kappa shape index (κ1) is 22.8. The molecule has 0 fully saturated rings. The largest absolute Gasteiger partial charge is 0.452 e. The number of aryl methyl sites for hydroxylation is 1. The van der Waals surface area contributed by atoms with Crippen molar-refractivity contribution < 1.29 is 19.1 Å². The lowest BCUT2D eigenvalue weighted by atomic mass is 10.2. The molecule has 1 aromatic heterocycles. The van der Waals surface area contributed by atoms with Gasteiger partial charge in [-0.2, -0.15) is 0 Å². The van der Waals surface area contributed by atoms with Crippen LogP contribution in [0.4, 0.5) is 5.69 Å². The van der Waals surface area contributed by atoms with Crippen LogP contribution in [0.3, 0.4) is 0 Å². The summed E-state index contributed by atoms with van der Waals surface area (Å²) >= 11 is 0. The van der Waals surface area contributed by atoms with E-state index in [2.05, 4.69) is 10.6 Å². The predicted molar refractivity (Wildman–Crippen MR) is 123 cm³/mol. The standard InChI is InChI=1S/C25H27N3O4/c1-4-26-24(30)20-11-8-12-21(14-20)27-23(29)16-32-25(31)22-13-17(2)28(18(22)3)15-19-9-6-5-7-10-19/h5-14H,4,15-16H2,1-3H3,(H,26,30)(H,27,29). The van der Waals surface area contributed by atoms with Crippen molar-refractivity contribution in [2.45, 2.75) is 27.3 Å². The average molecular weight is 434 g/mol. The molecule has 0 aliphatic rings. The van der Waals surface area contributed by atoms with E-state index in [1.165, 1.54) is 0 Å². The molecule has 2 N–H and O–H groups in total.